The molecule has 2 aliphatic carbocycles. The second-order valence-corrected chi connectivity index (χ2v) is 9.27. The van der Waals surface area contributed by atoms with Crippen molar-refractivity contribution in [3.8, 4) is 11.4 Å². The molecule has 2 aromatic rings. The van der Waals surface area contributed by atoms with E-state index >= 15 is 0 Å². The molecule has 1 aromatic heterocycles. The van der Waals surface area contributed by atoms with Gasteiger partial charge < -0.3 is 9.64 Å². The Morgan fingerprint density at radius 2 is 1.70 bits per heavy atom. The average Bonchev–Trinajstić information content (AvgIpc) is 3.28. The minimum Gasteiger partial charge on any atom is -0.495 e. The van der Waals surface area contributed by atoms with Crippen molar-refractivity contribution in [2.75, 3.05) is 12.9 Å². The zero-order valence-corrected chi connectivity index (χ0v) is 18.6. The van der Waals surface area contributed by atoms with Gasteiger partial charge in [-0.05, 0) is 37.8 Å². The maximum atomic E-state index is 13.4. The van der Waals surface area contributed by atoms with E-state index in [1.807, 2.05) is 28.8 Å². The molecule has 4 rings (SSSR count). The van der Waals surface area contributed by atoms with Gasteiger partial charge in [-0.1, -0.05) is 62.4 Å². The quantitative estimate of drug-likeness (QED) is 0.589. The second kappa shape index (κ2) is 10.3. The lowest BCUT2D eigenvalue weighted by Gasteiger charge is -2.41. The summed E-state index contributed by atoms with van der Waals surface area (Å²) in [7, 11) is 1.66. The largest absolute Gasteiger partial charge is 0.495 e. The molecule has 0 atom stereocenters. The van der Waals surface area contributed by atoms with E-state index < -0.39 is 0 Å². The molecule has 1 heterocycles. The van der Waals surface area contributed by atoms with E-state index in [4.69, 9.17) is 4.74 Å². The minimum atomic E-state index is 0.258. The minimum absolute atomic E-state index is 0.258. The predicted octanol–water partition coefficient (Wildman–Crippen LogP) is 4.86. The van der Waals surface area contributed by atoms with Gasteiger partial charge in [-0.3, -0.25) is 9.36 Å². The molecule has 0 radical (unpaired) electrons. The molecule has 30 heavy (non-hydrogen) atoms. The fraction of sp³-hybridized carbons (Fsp3) is 0.609. The van der Waals surface area contributed by atoms with Gasteiger partial charge in [-0.15, -0.1) is 10.2 Å². The number of ether oxygens (including phenoxy) is 1. The third-order valence-corrected chi connectivity index (χ3v) is 7.34. The first-order valence-electron chi connectivity index (χ1n) is 11.3. The molecule has 2 fully saturated rings. The Balaban J connectivity index is 1.48. The Morgan fingerprint density at radius 1 is 1.07 bits per heavy atom. The van der Waals surface area contributed by atoms with Gasteiger partial charge in [0.05, 0.1) is 18.6 Å². The van der Waals surface area contributed by atoms with Crippen LogP contribution >= 0.6 is 11.8 Å². The molecule has 7 heteroatoms. The molecular weight excluding hydrogens is 396 g/mol. The Kier molecular flexibility index (Phi) is 7.31. The van der Waals surface area contributed by atoms with E-state index in [0.29, 0.717) is 17.8 Å². The summed E-state index contributed by atoms with van der Waals surface area (Å²) in [6.07, 6.45) is 13.9. The highest BCUT2D eigenvalue weighted by atomic mass is 32.2. The van der Waals surface area contributed by atoms with Crippen LogP contribution in [0.4, 0.5) is 0 Å². The molecule has 0 unspecified atom stereocenters. The van der Waals surface area contributed by atoms with Crippen LogP contribution in [0.1, 0.15) is 64.2 Å². The summed E-state index contributed by atoms with van der Waals surface area (Å²) < 4.78 is 7.39. The van der Waals surface area contributed by atoms with Gasteiger partial charge in [0.15, 0.2) is 5.16 Å². The molecule has 1 aromatic carbocycles. The van der Waals surface area contributed by atoms with Crippen LogP contribution in [0.2, 0.25) is 0 Å². The van der Waals surface area contributed by atoms with Crippen molar-refractivity contribution in [2.24, 2.45) is 0 Å². The number of nitrogens with zero attached hydrogens (tertiary/aromatic N) is 4. The number of aromatic nitrogens is 3. The van der Waals surface area contributed by atoms with E-state index in [1.165, 1.54) is 50.3 Å². The molecule has 162 valence electrons. The number of hydrogen-bond donors (Lipinski definition) is 0. The summed E-state index contributed by atoms with van der Waals surface area (Å²) in [4.78, 5) is 15.7. The van der Waals surface area contributed by atoms with Gasteiger partial charge in [0.2, 0.25) is 5.91 Å². The van der Waals surface area contributed by atoms with Crippen molar-refractivity contribution in [1.29, 1.82) is 0 Å². The van der Waals surface area contributed by atoms with Crippen LogP contribution in [-0.4, -0.2) is 50.5 Å². The van der Waals surface area contributed by atoms with Crippen LogP contribution in [0.5, 0.6) is 5.75 Å². The molecule has 2 aliphatic rings. The van der Waals surface area contributed by atoms with Gasteiger partial charge in [-0.25, -0.2) is 0 Å². The number of thioether (sulfide) groups is 1. The Hall–Kier alpha value is -2.02. The lowest BCUT2D eigenvalue weighted by Crippen LogP contribution is -2.49. The number of benzene rings is 1. The lowest BCUT2D eigenvalue weighted by atomic mass is 9.88. The van der Waals surface area contributed by atoms with Crippen molar-refractivity contribution in [1.82, 2.24) is 19.7 Å². The first-order valence-corrected chi connectivity index (χ1v) is 12.2. The highest BCUT2D eigenvalue weighted by Gasteiger charge is 2.32. The van der Waals surface area contributed by atoms with Gasteiger partial charge in [0.1, 0.15) is 12.1 Å². The van der Waals surface area contributed by atoms with Crippen molar-refractivity contribution in [2.45, 2.75) is 81.4 Å². The molecule has 0 spiro atoms. The Labute approximate surface area is 183 Å². The predicted molar refractivity (Wildman–Crippen MR) is 119 cm³/mol. The van der Waals surface area contributed by atoms with Crippen LogP contribution in [0, 0.1) is 0 Å². The van der Waals surface area contributed by atoms with Crippen LogP contribution in [0.3, 0.4) is 0 Å². The van der Waals surface area contributed by atoms with Gasteiger partial charge in [0.25, 0.3) is 0 Å². The zero-order chi connectivity index (χ0) is 20.8. The highest BCUT2D eigenvalue weighted by molar-refractivity contribution is 7.99. The van der Waals surface area contributed by atoms with Crippen molar-refractivity contribution in [3.05, 3.63) is 30.6 Å². The molecule has 1 amide bonds. The maximum absolute atomic E-state index is 13.4. The monoisotopic (exact) mass is 428 g/mol. The normalized spacial score (nSPS) is 18.3. The van der Waals surface area contributed by atoms with Crippen molar-refractivity contribution in [3.63, 3.8) is 0 Å². The summed E-state index contributed by atoms with van der Waals surface area (Å²) in [6.45, 7) is 0. The summed E-state index contributed by atoms with van der Waals surface area (Å²) in [5.74, 6) is 1.42. The van der Waals surface area contributed by atoms with E-state index in [2.05, 4.69) is 15.1 Å². The van der Waals surface area contributed by atoms with Crippen LogP contribution < -0.4 is 4.74 Å². The summed E-state index contributed by atoms with van der Waals surface area (Å²) in [5, 5.41) is 9.08. The molecule has 2 saturated carbocycles. The van der Waals surface area contributed by atoms with Crippen molar-refractivity contribution < 1.29 is 9.53 Å². The molecule has 0 aliphatic heterocycles. The number of carbonyl (C=O) groups excluding carboxylic acids is 1. The maximum Gasteiger partial charge on any atom is 0.233 e. The molecular formula is C23H32N4O2S. The smallest absolute Gasteiger partial charge is 0.233 e. The third-order valence-electron chi connectivity index (χ3n) is 6.41. The molecule has 0 N–H and O–H groups in total. The van der Waals surface area contributed by atoms with Crippen LogP contribution in [-0.2, 0) is 4.79 Å². The number of amides is 1. The molecule has 0 bridgehead atoms. The first kappa shape index (κ1) is 21.2. The number of carbonyl (C=O) groups is 1. The second-order valence-electron chi connectivity index (χ2n) is 8.33. The van der Waals surface area contributed by atoms with Gasteiger partial charge in [0, 0.05) is 12.1 Å². The Morgan fingerprint density at radius 3 is 2.33 bits per heavy atom. The number of rotatable bonds is 7. The van der Waals surface area contributed by atoms with E-state index in [1.54, 1.807) is 13.4 Å². The standard InChI is InChI=1S/C23H32N4O2S/c1-29-21-15-9-8-14-20(21)26-17-24-25-23(26)30-16-22(28)27(18-10-4-2-5-11-18)19-12-6-3-7-13-19/h8-9,14-15,17-19H,2-7,10-13,16H2,1H3. The zero-order valence-electron chi connectivity index (χ0n) is 17.8. The number of para-hydroxylation sites is 2. The van der Waals surface area contributed by atoms with E-state index in [9.17, 15) is 4.79 Å². The first-order chi connectivity index (χ1) is 14.8. The molecule has 0 saturated heterocycles. The fourth-order valence-electron chi connectivity index (χ4n) is 4.94. The Bertz CT molecular complexity index is 810. The molecule has 6 nitrogen and oxygen atoms in total. The highest BCUT2D eigenvalue weighted by Crippen LogP contribution is 2.32. The average molecular weight is 429 g/mol. The van der Waals surface area contributed by atoms with Crippen LogP contribution in [0.25, 0.3) is 5.69 Å². The van der Waals surface area contributed by atoms with Crippen molar-refractivity contribution >= 4 is 17.7 Å². The SMILES string of the molecule is COc1ccccc1-n1cnnc1SCC(=O)N(C1CCCCC1)C1CCCCC1. The van der Waals surface area contributed by atoms with Gasteiger partial charge >= 0.3 is 0 Å². The van der Waals surface area contributed by atoms with Crippen LogP contribution in [0.15, 0.2) is 35.7 Å². The third kappa shape index (κ3) is 4.82. The number of methoxy groups -OCH3 is 1. The van der Waals surface area contributed by atoms with Gasteiger partial charge in [-0.2, -0.15) is 0 Å². The lowest BCUT2D eigenvalue weighted by molar-refractivity contribution is -0.135. The summed E-state index contributed by atoms with van der Waals surface area (Å²) >= 11 is 1.47. The fourth-order valence-corrected chi connectivity index (χ4v) is 5.73. The van der Waals surface area contributed by atoms with E-state index in [-0.39, 0.29) is 5.91 Å². The van der Waals surface area contributed by atoms with E-state index in [0.717, 1.165) is 42.3 Å². The topological polar surface area (TPSA) is 60.2 Å². The number of hydrogen-bond acceptors (Lipinski definition) is 5. The summed E-state index contributed by atoms with van der Waals surface area (Å²) in [6, 6.07) is 8.64. The summed E-state index contributed by atoms with van der Waals surface area (Å²) in [5.41, 5.74) is 0.886.